The van der Waals surface area contributed by atoms with Crippen molar-refractivity contribution in [3.63, 3.8) is 0 Å². The van der Waals surface area contributed by atoms with Crippen LogP contribution in [0.15, 0.2) is 29.4 Å². The molecule has 154 valence electrons. The second-order valence-electron chi connectivity index (χ2n) is 6.58. The monoisotopic (exact) mass is 415 g/mol. The lowest BCUT2D eigenvalue weighted by molar-refractivity contribution is -0.153. The summed E-state index contributed by atoms with van der Waals surface area (Å²) < 4.78 is 5.25. The van der Waals surface area contributed by atoms with Crippen LogP contribution in [0.2, 0.25) is 0 Å². The van der Waals surface area contributed by atoms with Gasteiger partial charge in [-0.25, -0.2) is 9.97 Å². The molecular formula is C21H25N3O4S. The Bertz CT molecular complexity index is 907. The number of amides is 1. The van der Waals surface area contributed by atoms with Crippen LogP contribution in [-0.4, -0.2) is 40.0 Å². The van der Waals surface area contributed by atoms with E-state index in [0.717, 1.165) is 17.0 Å². The average Bonchev–Trinajstić information content (AvgIpc) is 2.67. The molecule has 7 nitrogen and oxygen atoms in total. The maximum atomic E-state index is 12.4. The number of aromatic nitrogens is 2. The van der Waals surface area contributed by atoms with Crippen molar-refractivity contribution in [2.75, 3.05) is 11.6 Å². The number of aryl methyl sites for hydroxylation is 2. The highest BCUT2D eigenvalue weighted by molar-refractivity contribution is 7.98. The Hall–Kier alpha value is -2.74. The summed E-state index contributed by atoms with van der Waals surface area (Å²) in [5.74, 6) is -1.14. The van der Waals surface area contributed by atoms with E-state index >= 15 is 0 Å². The number of ether oxygens (including phenoxy) is 1. The summed E-state index contributed by atoms with van der Waals surface area (Å²) >= 11 is 1.47. The number of hydrogen-bond acceptors (Lipinski definition) is 7. The molecule has 0 radical (unpaired) electrons. The van der Waals surface area contributed by atoms with Crippen LogP contribution in [0.4, 0.5) is 5.69 Å². The van der Waals surface area contributed by atoms with Crippen molar-refractivity contribution < 1.29 is 19.1 Å². The third-order valence-electron chi connectivity index (χ3n) is 4.40. The second kappa shape index (κ2) is 10.2. The molecule has 1 heterocycles. The van der Waals surface area contributed by atoms with Gasteiger partial charge < -0.3 is 10.1 Å². The van der Waals surface area contributed by atoms with Gasteiger partial charge in [0.05, 0.1) is 5.69 Å². The number of benzene rings is 1. The van der Waals surface area contributed by atoms with Crippen molar-refractivity contribution in [1.29, 1.82) is 0 Å². The molecule has 8 heteroatoms. The number of esters is 1. The normalized spacial score (nSPS) is 11.6. The Morgan fingerprint density at radius 1 is 1.14 bits per heavy atom. The van der Waals surface area contributed by atoms with Crippen LogP contribution in [0.5, 0.6) is 0 Å². The predicted molar refractivity (Wildman–Crippen MR) is 112 cm³/mol. The van der Waals surface area contributed by atoms with Gasteiger partial charge >= 0.3 is 5.97 Å². The Labute approximate surface area is 174 Å². The van der Waals surface area contributed by atoms with Crippen LogP contribution in [-0.2, 0) is 20.7 Å². The van der Waals surface area contributed by atoms with E-state index in [2.05, 4.69) is 15.3 Å². The summed E-state index contributed by atoms with van der Waals surface area (Å²) in [6.07, 6.45) is 1.48. The standard InChI is InChI=1S/C21H25N3O4S/c1-12-16(13(2)23-21(22-12)29-5)10-11-19(26)28-15(4)20(27)24-18-9-7-6-8-17(18)14(3)25/h6-9,15H,10-11H2,1-5H3,(H,24,27). The van der Waals surface area contributed by atoms with Crippen molar-refractivity contribution in [2.45, 2.75) is 51.8 Å². The number of rotatable bonds is 8. The lowest BCUT2D eigenvalue weighted by atomic mass is 10.1. The van der Waals surface area contributed by atoms with Crippen LogP contribution in [0.1, 0.15) is 47.6 Å². The molecule has 0 saturated carbocycles. The quantitative estimate of drug-likeness (QED) is 0.305. The molecule has 0 bridgehead atoms. The third kappa shape index (κ3) is 6.12. The van der Waals surface area contributed by atoms with Crippen LogP contribution in [0.3, 0.4) is 0 Å². The average molecular weight is 416 g/mol. The van der Waals surface area contributed by atoms with E-state index in [0.29, 0.717) is 22.8 Å². The largest absolute Gasteiger partial charge is 0.453 e. The first-order valence-corrected chi connectivity index (χ1v) is 10.4. The van der Waals surface area contributed by atoms with Crippen LogP contribution >= 0.6 is 11.8 Å². The van der Waals surface area contributed by atoms with Gasteiger partial charge in [-0.15, -0.1) is 0 Å². The fraction of sp³-hybridized carbons (Fsp3) is 0.381. The van der Waals surface area contributed by atoms with Gasteiger partial charge in [-0.05, 0) is 58.1 Å². The zero-order valence-electron chi connectivity index (χ0n) is 17.2. The number of ketones is 1. The Kier molecular flexibility index (Phi) is 7.90. The first-order valence-electron chi connectivity index (χ1n) is 9.21. The van der Waals surface area contributed by atoms with Crippen molar-refractivity contribution in [1.82, 2.24) is 9.97 Å². The van der Waals surface area contributed by atoms with E-state index in [4.69, 9.17) is 4.74 Å². The van der Waals surface area contributed by atoms with Crippen molar-refractivity contribution in [3.05, 3.63) is 46.8 Å². The fourth-order valence-electron chi connectivity index (χ4n) is 2.83. The third-order valence-corrected chi connectivity index (χ3v) is 4.95. The molecule has 29 heavy (non-hydrogen) atoms. The first kappa shape index (κ1) is 22.5. The lowest BCUT2D eigenvalue weighted by Gasteiger charge is -2.15. The number of nitrogens with zero attached hydrogens (tertiary/aromatic N) is 2. The smallest absolute Gasteiger partial charge is 0.306 e. The molecule has 0 aliphatic rings. The summed E-state index contributed by atoms with van der Waals surface area (Å²) in [7, 11) is 0. The van der Waals surface area contributed by atoms with Crippen molar-refractivity contribution in [2.24, 2.45) is 0 Å². The molecule has 1 amide bonds. The Morgan fingerprint density at radius 2 is 1.76 bits per heavy atom. The van der Waals surface area contributed by atoms with Gasteiger partial charge in [0.2, 0.25) is 0 Å². The van der Waals surface area contributed by atoms with Gasteiger partial charge in [0.15, 0.2) is 17.0 Å². The minimum absolute atomic E-state index is 0.116. The molecule has 1 aromatic carbocycles. The Balaban J connectivity index is 1.94. The van der Waals surface area contributed by atoms with E-state index in [-0.39, 0.29) is 12.2 Å². The number of Topliss-reactive ketones (excluding diaryl/α,β-unsaturated/α-hetero) is 1. The molecule has 1 N–H and O–H groups in total. The van der Waals surface area contributed by atoms with Crippen LogP contribution in [0, 0.1) is 13.8 Å². The summed E-state index contributed by atoms with van der Waals surface area (Å²) in [6.45, 7) is 6.69. The summed E-state index contributed by atoms with van der Waals surface area (Å²) in [4.78, 5) is 45.0. The van der Waals surface area contributed by atoms with Gasteiger partial charge in [0.25, 0.3) is 5.91 Å². The number of carbonyl (C=O) groups excluding carboxylic acids is 3. The van der Waals surface area contributed by atoms with Crippen LogP contribution in [0.25, 0.3) is 0 Å². The first-order chi connectivity index (χ1) is 13.7. The van der Waals surface area contributed by atoms with Crippen LogP contribution < -0.4 is 5.32 Å². The highest BCUT2D eigenvalue weighted by atomic mass is 32.2. The molecule has 0 spiro atoms. The molecule has 0 fully saturated rings. The zero-order chi connectivity index (χ0) is 21.6. The number of anilines is 1. The molecule has 2 aromatic rings. The summed E-state index contributed by atoms with van der Waals surface area (Å²) in [6, 6.07) is 6.69. The molecule has 0 aliphatic carbocycles. The van der Waals surface area contributed by atoms with E-state index < -0.39 is 18.0 Å². The van der Waals surface area contributed by atoms with Gasteiger partial charge in [0.1, 0.15) is 0 Å². The number of hydrogen-bond donors (Lipinski definition) is 1. The fourth-order valence-corrected chi connectivity index (χ4v) is 3.29. The number of nitrogens with one attached hydrogen (secondary N) is 1. The van der Waals surface area contributed by atoms with E-state index in [1.165, 1.54) is 25.6 Å². The molecule has 0 saturated heterocycles. The predicted octanol–water partition coefficient (Wildman–Crippen LogP) is 3.52. The molecular weight excluding hydrogens is 390 g/mol. The van der Waals surface area contributed by atoms with Crippen molar-refractivity contribution in [3.8, 4) is 0 Å². The molecule has 2 rings (SSSR count). The minimum Gasteiger partial charge on any atom is -0.453 e. The maximum Gasteiger partial charge on any atom is 0.306 e. The topological polar surface area (TPSA) is 98.2 Å². The van der Waals surface area contributed by atoms with Gasteiger partial charge in [-0.2, -0.15) is 0 Å². The molecule has 0 aliphatic heterocycles. The Morgan fingerprint density at radius 3 is 2.34 bits per heavy atom. The van der Waals surface area contributed by atoms with Crippen molar-refractivity contribution >= 4 is 35.1 Å². The summed E-state index contributed by atoms with van der Waals surface area (Å²) in [5.41, 5.74) is 3.37. The minimum atomic E-state index is -0.986. The van der Waals surface area contributed by atoms with Gasteiger partial charge in [-0.3, -0.25) is 14.4 Å². The van der Waals surface area contributed by atoms with E-state index in [1.807, 2.05) is 20.1 Å². The van der Waals surface area contributed by atoms with Gasteiger partial charge in [0, 0.05) is 23.4 Å². The zero-order valence-corrected chi connectivity index (χ0v) is 18.1. The second-order valence-corrected chi connectivity index (χ2v) is 7.36. The number of para-hydroxylation sites is 1. The van der Waals surface area contributed by atoms with E-state index in [1.54, 1.807) is 24.3 Å². The molecule has 1 atom stereocenters. The number of thioether (sulfide) groups is 1. The molecule has 1 aromatic heterocycles. The van der Waals surface area contributed by atoms with Gasteiger partial charge in [-0.1, -0.05) is 23.9 Å². The maximum absolute atomic E-state index is 12.4. The highest BCUT2D eigenvalue weighted by Crippen LogP contribution is 2.18. The SMILES string of the molecule is CSc1nc(C)c(CCC(=O)OC(C)C(=O)Nc2ccccc2C(C)=O)c(C)n1. The number of carbonyl (C=O) groups is 3. The lowest BCUT2D eigenvalue weighted by Crippen LogP contribution is -2.30. The summed E-state index contributed by atoms with van der Waals surface area (Å²) in [5, 5.41) is 3.34. The van der Waals surface area contributed by atoms with E-state index in [9.17, 15) is 14.4 Å². The molecule has 1 unspecified atom stereocenters. The highest BCUT2D eigenvalue weighted by Gasteiger charge is 2.20.